The molecule has 2 aliphatic rings. The number of halogens is 3. The maximum Gasteiger partial charge on any atom is 0.471 e. The number of allylic oxidation sites excluding steroid dienone is 1. The minimum atomic E-state index is -5.27. The quantitative estimate of drug-likeness (QED) is 0.308. The average molecular weight is 643 g/mol. The lowest BCUT2D eigenvalue weighted by Crippen LogP contribution is -2.45. The number of rotatable bonds is 8. The van der Waals surface area contributed by atoms with Crippen molar-refractivity contribution in [1.29, 1.82) is 0 Å². The minimum Gasteiger partial charge on any atom is -0.493 e. The summed E-state index contributed by atoms with van der Waals surface area (Å²) in [6.07, 6.45) is -5.14. The van der Waals surface area contributed by atoms with Crippen LogP contribution >= 0.6 is 0 Å². The van der Waals surface area contributed by atoms with E-state index in [0.29, 0.717) is 33.4 Å². The van der Waals surface area contributed by atoms with E-state index in [4.69, 9.17) is 28.4 Å². The zero-order valence-corrected chi connectivity index (χ0v) is 26.0. The lowest BCUT2D eigenvalue weighted by Gasteiger charge is -2.35. The van der Waals surface area contributed by atoms with Gasteiger partial charge in [0, 0.05) is 17.7 Å². The molecule has 5 rings (SSSR count). The van der Waals surface area contributed by atoms with Crippen molar-refractivity contribution in [3.63, 3.8) is 0 Å². The van der Waals surface area contributed by atoms with E-state index < -0.39 is 29.8 Å². The van der Waals surface area contributed by atoms with Crippen molar-refractivity contribution in [3.05, 3.63) is 70.9 Å². The SMILES string of the molecule is COc1cc([C@H]2CC(=O)C3=C(C2)Nc2ccccc2N(C(=O)C(F)(F)F)[C@H]3c2cc(OC)c(OC)c(OC)c2)cc(OC)c1OC. The first kappa shape index (κ1) is 32.3. The molecule has 0 fully saturated rings. The van der Waals surface area contributed by atoms with E-state index in [1.807, 2.05) is 0 Å². The van der Waals surface area contributed by atoms with E-state index in [0.717, 1.165) is 0 Å². The van der Waals surface area contributed by atoms with Crippen LogP contribution in [-0.2, 0) is 9.59 Å². The predicted octanol–water partition coefficient (Wildman–Crippen LogP) is 6.20. The number of nitrogens with one attached hydrogen (secondary N) is 1. The number of methoxy groups -OCH3 is 6. The Kier molecular flexibility index (Phi) is 8.95. The molecule has 0 bridgehead atoms. The van der Waals surface area contributed by atoms with Gasteiger partial charge in [0.1, 0.15) is 0 Å². The van der Waals surface area contributed by atoms with Gasteiger partial charge in [0.15, 0.2) is 28.8 Å². The number of hydrogen-bond donors (Lipinski definition) is 1. The van der Waals surface area contributed by atoms with Crippen LogP contribution in [0.1, 0.15) is 35.9 Å². The normalized spacial score (nSPS) is 17.7. The molecule has 1 aliphatic carbocycles. The third-order valence-electron chi connectivity index (χ3n) is 8.11. The largest absolute Gasteiger partial charge is 0.493 e. The van der Waals surface area contributed by atoms with Crippen molar-refractivity contribution < 1.29 is 51.2 Å². The number of para-hydroxylation sites is 2. The Morgan fingerprint density at radius 2 is 1.26 bits per heavy atom. The number of benzene rings is 3. The van der Waals surface area contributed by atoms with Gasteiger partial charge in [-0.15, -0.1) is 0 Å². The molecular weight excluding hydrogens is 609 g/mol. The Bertz CT molecular complexity index is 1650. The molecule has 0 spiro atoms. The number of ether oxygens (including phenoxy) is 6. The number of carbonyl (C=O) groups excluding carboxylic acids is 2. The highest BCUT2D eigenvalue weighted by Gasteiger charge is 2.50. The third kappa shape index (κ3) is 5.61. The van der Waals surface area contributed by atoms with Crippen LogP contribution in [0.25, 0.3) is 0 Å². The van der Waals surface area contributed by atoms with Crippen molar-refractivity contribution in [2.45, 2.75) is 31.0 Å². The fourth-order valence-electron chi connectivity index (χ4n) is 6.10. The van der Waals surface area contributed by atoms with Crippen LogP contribution < -0.4 is 38.6 Å². The van der Waals surface area contributed by atoms with Gasteiger partial charge in [-0.2, -0.15) is 13.2 Å². The first-order valence-corrected chi connectivity index (χ1v) is 14.1. The molecule has 46 heavy (non-hydrogen) atoms. The molecule has 1 heterocycles. The van der Waals surface area contributed by atoms with Crippen molar-refractivity contribution in [3.8, 4) is 34.5 Å². The fourth-order valence-corrected chi connectivity index (χ4v) is 6.10. The first-order valence-electron chi connectivity index (χ1n) is 14.1. The zero-order valence-electron chi connectivity index (χ0n) is 26.0. The second-order valence-electron chi connectivity index (χ2n) is 10.6. The number of anilines is 2. The Morgan fingerprint density at radius 3 is 1.74 bits per heavy atom. The maximum atomic E-state index is 14.4. The van der Waals surface area contributed by atoms with Crippen LogP contribution in [0, 0.1) is 0 Å². The summed E-state index contributed by atoms with van der Waals surface area (Å²) in [5.74, 6) is -1.40. The summed E-state index contributed by atoms with van der Waals surface area (Å²) in [7, 11) is 8.55. The molecule has 0 aromatic heterocycles. The van der Waals surface area contributed by atoms with Gasteiger partial charge in [0.25, 0.3) is 0 Å². The maximum absolute atomic E-state index is 14.4. The Labute approximate surface area is 263 Å². The van der Waals surface area contributed by atoms with E-state index in [2.05, 4.69) is 5.32 Å². The summed E-state index contributed by atoms with van der Waals surface area (Å²) < 4.78 is 75.9. The van der Waals surface area contributed by atoms with Crippen molar-refractivity contribution in [2.24, 2.45) is 0 Å². The molecule has 1 amide bonds. The summed E-state index contributed by atoms with van der Waals surface area (Å²) >= 11 is 0. The summed E-state index contributed by atoms with van der Waals surface area (Å²) in [5, 5.41) is 3.21. The molecule has 0 saturated heterocycles. The number of amides is 1. The van der Waals surface area contributed by atoms with Gasteiger partial charge >= 0.3 is 12.1 Å². The summed E-state index contributed by atoms with van der Waals surface area (Å²) in [6.45, 7) is 0. The molecule has 2 atom stereocenters. The molecule has 0 unspecified atom stereocenters. The number of carbonyl (C=O) groups is 2. The second kappa shape index (κ2) is 12.7. The van der Waals surface area contributed by atoms with Crippen LogP contribution in [0.5, 0.6) is 34.5 Å². The molecule has 244 valence electrons. The number of ketones is 1. The van der Waals surface area contributed by atoms with Crippen LogP contribution in [0.4, 0.5) is 24.5 Å². The van der Waals surface area contributed by atoms with Gasteiger partial charge in [-0.1, -0.05) is 12.1 Å². The van der Waals surface area contributed by atoms with Gasteiger partial charge in [-0.3, -0.25) is 14.5 Å². The van der Waals surface area contributed by atoms with E-state index in [1.54, 1.807) is 24.3 Å². The van der Waals surface area contributed by atoms with Gasteiger partial charge in [0.2, 0.25) is 11.5 Å². The Balaban J connectivity index is 1.77. The average Bonchev–Trinajstić information content (AvgIpc) is 3.20. The number of hydrogen-bond acceptors (Lipinski definition) is 9. The van der Waals surface area contributed by atoms with Crippen LogP contribution in [-0.4, -0.2) is 60.5 Å². The topological polar surface area (TPSA) is 105 Å². The monoisotopic (exact) mass is 642 g/mol. The Morgan fingerprint density at radius 1 is 0.761 bits per heavy atom. The molecule has 0 saturated carbocycles. The van der Waals surface area contributed by atoms with Crippen molar-refractivity contribution >= 4 is 23.1 Å². The fraction of sp³-hybridized carbons (Fsp3) is 0.333. The number of fused-ring (bicyclic) bond motifs is 1. The molecule has 1 N–H and O–H groups in total. The molecule has 13 heteroatoms. The van der Waals surface area contributed by atoms with Gasteiger partial charge in [0.05, 0.1) is 60.1 Å². The van der Waals surface area contributed by atoms with Gasteiger partial charge in [-0.05, 0) is 59.9 Å². The van der Waals surface area contributed by atoms with Crippen molar-refractivity contribution in [2.75, 3.05) is 52.9 Å². The van der Waals surface area contributed by atoms with E-state index >= 15 is 0 Å². The van der Waals surface area contributed by atoms with E-state index in [-0.39, 0.29) is 52.6 Å². The number of Topliss-reactive ketones (excluding diaryl/α,β-unsaturated/α-hetero) is 1. The predicted molar refractivity (Wildman–Crippen MR) is 163 cm³/mol. The lowest BCUT2D eigenvalue weighted by molar-refractivity contribution is -0.170. The minimum absolute atomic E-state index is 0.00626. The van der Waals surface area contributed by atoms with Gasteiger partial charge < -0.3 is 33.7 Å². The molecular formula is C33H33F3N2O8. The summed E-state index contributed by atoms with van der Waals surface area (Å²) in [6, 6.07) is 11.0. The summed E-state index contributed by atoms with van der Waals surface area (Å²) in [5.41, 5.74) is 1.38. The lowest BCUT2D eigenvalue weighted by atomic mass is 9.78. The molecule has 0 radical (unpaired) electrons. The van der Waals surface area contributed by atoms with Crippen molar-refractivity contribution in [1.82, 2.24) is 0 Å². The molecule has 3 aromatic rings. The van der Waals surface area contributed by atoms with Gasteiger partial charge in [-0.25, -0.2) is 0 Å². The highest BCUT2D eigenvalue weighted by molar-refractivity contribution is 6.07. The summed E-state index contributed by atoms with van der Waals surface area (Å²) in [4.78, 5) is 28.2. The standard InChI is InChI=1S/C33H33F3N2O8/c1-41-24-13-18(14-25(42-2)30(24)45-5)17-11-21-28(23(39)12-17)29(19-15-26(43-3)31(46-6)27(16-19)44-4)38(32(40)33(34,35)36)22-10-8-7-9-20(22)37-21/h7-10,13-17,29,37H,11-12H2,1-6H3/t17-,29+/m1/s1. The Hall–Kier alpha value is -5.07. The van der Waals surface area contributed by atoms with E-state index in [1.165, 1.54) is 66.9 Å². The van der Waals surface area contributed by atoms with E-state index in [9.17, 15) is 22.8 Å². The highest BCUT2D eigenvalue weighted by Crippen LogP contribution is 2.51. The molecule has 3 aromatic carbocycles. The number of nitrogens with zero attached hydrogens (tertiary/aromatic N) is 1. The highest BCUT2D eigenvalue weighted by atomic mass is 19.4. The second-order valence-corrected chi connectivity index (χ2v) is 10.6. The smallest absolute Gasteiger partial charge is 0.471 e. The first-order chi connectivity index (χ1) is 22.0. The molecule has 1 aliphatic heterocycles. The van der Waals surface area contributed by atoms with Crippen LogP contribution in [0.15, 0.2) is 59.8 Å². The molecule has 10 nitrogen and oxygen atoms in total. The number of alkyl halides is 3. The van der Waals surface area contributed by atoms with Crippen LogP contribution in [0.2, 0.25) is 0 Å². The zero-order chi connectivity index (χ0) is 33.3. The van der Waals surface area contributed by atoms with Crippen LogP contribution in [0.3, 0.4) is 0 Å². The third-order valence-corrected chi connectivity index (χ3v) is 8.11.